The molecule has 2 aromatic carbocycles. The van der Waals surface area contributed by atoms with Crippen molar-refractivity contribution in [2.45, 2.75) is 32.0 Å². The molecule has 29 heavy (non-hydrogen) atoms. The second kappa shape index (κ2) is 6.52. The molecule has 6 rings (SSSR count). The van der Waals surface area contributed by atoms with Crippen LogP contribution in [-0.4, -0.2) is 8.94 Å². The highest BCUT2D eigenvalue weighted by atomic mass is 35.5. The Labute approximate surface area is 174 Å². The molecule has 0 saturated heterocycles. The summed E-state index contributed by atoms with van der Waals surface area (Å²) in [5, 5.41) is 3.71. The number of halogens is 2. The van der Waals surface area contributed by atoms with Gasteiger partial charge in [-0.1, -0.05) is 12.1 Å². The van der Waals surface area contributed by atoms with Crippen LogP contribution in [0, 0.1) is 5.82 Å². The molecule has 0 unspecified atom stereocenters. The summed E-state index contributed by atoms with van der Waals surface area (Å²) in [6.07, 6.45) is 1.99. The SMILES string of the molecule is Cl.O=c1[nH]sc2c1c(=O)c1cc(F)c(-c3ccc4c(c3)CNC4)cc1n2C1CC1. The van der Waals surface area contributed by atoms with Gasteiger partial charge in [-0.3, -0.25) is 14.0 Å². The Kier molecular flexibility index (Phi) is 4.17. The summed E-state index contributed by atoms with van der Waals surface area (Å²) in [7, 11) is 0. The number of nitrogens with one attached hydrogen (secondary N) is 2. The second-order valence-electron chi connectivity index (χ2n) is 7.58. The van der Waals surface area contributed by atoms with Crippen molar-refractivity contribution in [2.75, 3.05) is 0 Å². The molecular formula is C21H17ClFN3O2S. The number of fused-ring (bicyclic) bond motifs is 3. The van der Waals surface area contributed by atoms with E-state index in [9.17, 15) is 9.59 Å². The van der Waals surface area contributed by atoms with Gasteiger partial charge in [-0.15, -0.1) is 12.4 Å². The van der Waals surface area contributed by atoms with Crippen LogP contribution in [0.5, 0.6) is 0 Å². The normalized spacial score (nSPS) is 15.6. The smallest absolute Gasteiger partial charge is 0.271 e. The van der Waals surface area contributed by atoms with E-state index in [1.54, 1.807) is 6.07 Å². The van der Waals surface area contributed by atoms with Gasteiger partial charge in [0, 0.05) is 30.1 Å². The summed E-state index contributed by atoms with van der Waals surface area (Å²) in [6.45, 7) is 1.62. The molecule has 1 fully saturated rings. The predicted molar refractivity (Wildman–Crippen MR) is 116 cm³/mol. The molecule has 5 nitrogen and oxygen atoms in total. The maximum atomic E-state index is 15.1. The maximum absolute atomic E-state index is 15.1. The van der Waals surface area contributed by atoms with Gasteiger partial charge in [0.05, 0.1) is 5.52 Å². The number of hydrogen-bond donors (Lipinski definition) is 2. The first-order valence-corrected chi connectivity index (χ1v) is 10.2. The van der Waals surface area contributed by atoms with Crippen LogP contribution in [0.3, 0.4) is 0 Å². The van der Waals surface area contributed by atoms with Crippen LogP contribution in [0.1, 0.15) is 30.0 Å². The van der Waals surface area contributed by atoms with E-state index >= 15 is 4.39 Å². The first kappa shape index (κ1) is 18.5. The van der Waals surface area contributed by atoms with Crippen LogP contribution in [0.25, 0.3) is 32.2 Å². The minimum absolute atomic E-state index is 0. The fraction of sp³-hybridized carbons (Fsp3) is 0.238. The minimum atomic E-state index is -0.441. The fourth-order valence-corrected chi connectivity index (χ4v) is 5.15. The highest BCUT2D eigenvalue weighted by Gasteiger charge is 2.29. The van der Waals surface area contributed by atoms with Crippen LogP contribution >= 0.6 is 23.9 Å². The Bertz CT molecular complexity index is 1420. The van der Waals surface area contributed by atoms with Gasteiger partial charge >= 0.3 is 0 Å². The Morgan fingerprint density at radius 1 is 1.07 bits per heavy atom. The monoisotopic (exact) mass is 429 g/mol. The van der Waals surface area contributed by atoms with Crippen molar-refractivity contribution in [3.63, 3.8) is 0 Å². The second-order valence-corrected chi connectivity index (χ2v) is 8.37. The molecule has 0 atom stereocenters. The third-order valence-corrected chi connectivity index (χ3v) is 6.66. The van der Waals surface area contributed by atoms with Crippen LogP contribution in [0.15, 0.2) is 39.9 Å². The van der Waals surface area contributed by atoms with Crippen molar-refractivity contribution in [1.82, 2.24) is 14.3 Å². The predicted octanol–water partition coefficient (Wildman–Crippen LogP) is 4.07. The molecule has 1 aliphatic carbocycles. The highest BCUT2D eigenvalue weighted by molar-refractivity contribution is 7.12. The van der Waals surface area contributed by atoms with E-state index in [0.717, 1.165) is 31.5 Å². The summed E-state index contributed by atoms with van der Waals surface area (Å²) in [5.41, 5.74) is 3.61. The lowest BCUT2D eigenvalue weighted by atomic mass is 9.98. The first-order valence-electron chi connectivity index (χ1n) is 9.33. The summed E-state index contributed by atoms with van der Waals surface area (Å²) < 4.78 is 19.8. The van der Waals surface area contributed by atoms with Crippen molar-refractivity contribution in [2.24, 2.45) is 0 Å². The van der Waals surface area contributed by atoms with Crippen molar-refractivity contribution in [1.29, 1.82) is 0 Å². The topological polar surface area (TPSA) is 66.9 Å². The Morgan fingerprint density at radius 2 is 1.86 bits per heavy atom. The minimum Gasteiger partial charge on any atom is -0.328 e. The van der Waals surface area contributed by atoms with Crippen molar-refractivity contribution >= 4 is 45.1 Å². The van der Waals surface area contributed by atoms with E-state index in [1.165, 1.54) is 28.7 Å². The standard InChI is InChI=1S/C21H16FN3O2S.ClH/c22-16-6-15-17(7-14(16)10-1-2-11-8-23-9-12(11)5-10)25(13-3-4-13)21-18(19(15)26)20(27)24-28-21;/h1-2,5-7,13,23H,3-4,8-9H2,(H,24,27);1H. The van der Waals surface area contributed by atoms with E-state index in [2.05, 4.69) is 9.69 Å². The molecule has 1 saturated carbocycles. The lowest BCUT2D eigenvalue weighted by Gasteiger charge is -2.14. The third-order valence-electron chi connectivity index (χ3n) is 5.78. The zero-order valence-electron chi connectivity index (χ0n) is 15.3. The fourth-order valence-electron chi connectivity index (χ4n) is 4.23. The zero-order valence-corrected chi connectivity index (χ0v) is 16.9. The van der Waals surface area contributed by atoms with Gasteiger partial charge in [-0.25, -0.2) is 4.39 Å². The third kappa shape index (κ3) is 2.68. The van der Waals surface area contributed by atoms with Gasteiger partial charge in [0.2, 0.25) is 5.43 Å². The van der Waals surface area contributed by atoms with Gasteiger partial charge in [-0.2, -0.15) is 0 Å². The Balaban J connectivity index is 0.00000181. The van der Waals surface area contributed by atoms with Crippen molar-refractivity contribution in [3.05, 3.63) is 67.9 Å². The largest absolute Gasteiger partial charge is 0.328 e. The summed E-state index contributed by atoms with van der Waals surface area (Å²) in [6, 6.07) is 9.31. The lowest BCUT2D eigenvalue weighted by molar-refractivity contribution is 0.632. The lowest BCUT2D eigenvalue weighted by Crippen LogP contribution is -2.15. The summed E-state index contributed by atoms with van der Waals surface area (Å²) in [5.74, 6) is -0.441. The summed E-state index contributed by atoms with van der Waals surface area (Å²) in [4.78, 5) is 25.7. The van der Waals surface area contributed by atoms with Crippen LogP contribution in [-0.2, 0) is 13.1 Å². The molecule has 4 aromatic rings. The molecule has 0 spiro atoms. The number of rotatable bonds is 2. The molecule has 0 bridgehead atoms. The van der Waals surface area contributed by atoms with E-state index in [4.69, 9.17) is 0 Å². The van der Waals surface area contributed by atoms with E-state index in [0.29, 0.717) is 15.9 Å². The Morgan fingerprint density at radius 3 is 2.66 bits per heavy atom. The van der Waals surface area contributed by atoms with Crippen LogP contribution < -0.4 is 16.3 Å². The van der Waals surface area contributed by atoms with Crippen molar-refractivity contribution in [3.8, 4) is 11.1 Å². The van der Waals surface area contributed by atoms with Gasteiger partial charge in [0.1, 0.15) is 16.0 Å². The van der Waals surface area contributed by atoms with Gasteiger partial charge < -0.3 is 9.88 Å². The first-order chi connectivity index (χ1) is 13.6. The number of nitrogens with zero attached hydrogens (tertiary/aromatic N) is 1. The number of H-pyrrole nitrogens is 1. The molecule has 0 amide bonds. The molecular weight excluding hydrogens is 413 g/mol. The molecule has 3 heterocycles. The highest BCUT2D eigenvalue weighted by Crippen LogP contribution is 2.41. The average Bonchev–Trinajstić information content (AvgIpc) is 3.28. The average molecular weight is 430 g/mol. The van der Waals surface area contributed by atoms with Gasteiger partial charge in [0.25, 0.3) is 5.56 Å². The number of pyridine rings is 1. The van der Waals surface area contributed by atoms with E-state index in [-0.39, 0.29) is 29.2 Å². The molecule has 1 aliphatic heterocycles. The Hall–Kier alpha value is -2.48. The molecule has 148 valence electrons. The quantitative estimate of drug-likeness (QED) is 0.504. The summed E-state index contributed by atoms with van der Waals surface area (Å²) >= 11 is 1.18. The number of aromatic amines is 1. The van der Waals surface area contributed by atoms with E-state index in [1.807, 2.05) is 22.8 Å². The molecule has 8 heteroatoms. The van der Waals surface area contributed by atoms with Gasteiger partial charge in [0.15, 0.2) is 0 Å². The number of aromatic nitrogens is 2. The molecule has 2 N–H and O–H groups in total. The zero-order chi connectivity index (χ0) is 19.0. The van der Waals surface area contributed by atoms with Gasteiger partial charge in [-0.05, 0) is 59.3 Å². The number of benzene rings is 2. The molecule has 2 aliphatic rings. The number of hydrogen-bond acceptors (Lipinski definition) is 4. The van der Waals surface area contributed by atoms with Crippen LogP contribution in [0.2, 0.25) is 0 Å². The maximum Gasteiger partial charge on any atom is 0.271 e. The molecule has 2 aromatic heterocycles. The molecule has 0 radical (unpaired) electrons. The van der Waals surface area contributed by atoms with E-state index < -0.39 is 16.8 Å². The van der Waals surface area contributed by atoms with Crippen molar-refractivity contribution < 1.29 is 4.39 Å². The van der Waals surface area contributed by atoms with Crippen LogP contribution in [0.4, 0.5) is 4.39 Å².